The molecule has 162 valence electrons. The van der Waals surface area contributed by atoms with Crippen molar-refractivity contribution in [2.75, 3.05) is 0 Å². The SMILES string of the molecule is NC(=O)[C@@H](CC(=O)O)NC(=O)C1=C[C@@H](NC(=O)c2ccc(F)c(Cl)c2)[C@@H](O)[C@H](O)C1. The summed E-state index contributed by atoms with van der Waals surface area (Å²) in [6, 6.07) is 0.498. The number of hydrogen-bond donors (Lipinski definition) is 6. The van der Waals surface area contributed by atoms with Gasteiger partial charge in [0.25, 0.3) is 5.91 Å². The van der Waals surface area contributed by atoms with Gasteiger partial charge in [-0.2, -0.15) is 0 Å². The Hall–Kier alpha value is -3.02. The lowest BCUT2D eigenvalue weighted by molar-refractivity contribution is -0.140. The van der Waals surface area contributed by atoms with Gasteiger partial charge >= 0.3 is 5.97 Å². The van der Waals surface area contributed by atoms with Gasteiger partial charge < -0.3 is 31.7 Å². The summed E-state index contributed by atoms with van der Waals surface area (Å²) in [6.07, 6.45) is -2.81. The number of carboxylic acid groups (broad SMARTS) is 1. The van der Waals surface area contributed by atoms with E-state index in [0.29, 0.717) is 0 Å². The number of halogens is 2. The van der Waals surface area contributed by atoms with E-state index in [4.69, 9.17) is 22.4 Å². The van der Waals surface area contributed by atoms with E-state index >= 15 is 0 Å². The first kappa shape index (κ1) is 23.3. The number of nitrogens with two attached hydrogens (primary N) is 1. The Morgan fingerprint density at radius 2 is 1.90 bits per heavy atom. The summed E-state index contributed by atoms with van der Waals surface area (Å²) in [6.45, 7) is 0. The molecule has 0 aromatic heterocycles. The maximum Gasteiger partial charge on any atom is 0.305 e. The number of rotatable bonds is 7. The molecule has 0 fully saturated rings. The second-order valence-corrected chi connectivity index (χ2v) is 7.02. The van der Waals surface area contributed by atoms with Crippen LogP contribution in [0.5, 0.6) is 0 Å². The van der Waals surface area contributed by atoms with E-state index in [1.807, 2.05) is 0 Å². The number of aliphatic carboxylic acids is 1. The highest BCUT2D eigenvalue weighted by Gasteiger charge is 2.35. The molecule has 0 aliphatic heterocycles. The molecule has 10 nitrogen and oxygen atoms in total. The molecule has 1 aromatic rings. The fraction of sp³-hybridized carbons (Fsp3) is 0.333. The van der Waals surface area contributed by atoms with Crippen LogP contribution in [0.3, 0.4) is 0 Å². The monoisotopic (exact) mass is 443 g/mol. The third-order valence-corrected chi connectivity index (χ3v) is 4.66. The van der Waals surface area contributed by atoms with Crippen molar-refractivity contribution in [2.45, 2.75) is 37.1 Å². The van der Waals surface area contributed by atoms with Gasteiger partial charge in [-0.15, -0.1) is 0 Å². The smallest absolute Gasteiger partial charge is 0.305 e. The van der Waals surface area contributed by atoms with Gasteiger partial charge in [0.2, 0.25) is 11.8 Å². The molecule has 4 atom stereocenters. The van der Waals surface area contributed by atoms with Crippen molar-refractivity contribution in [1.29, 1.82) is 0 Å². The minimum absolute atomic E-state index is 0.0247. The van der Waals surface area contributed by atoms with E-state index in [9.17, 15) is 33.8 Å². The van der Waals surface area contributed by atoms with Crippen LogP contribution in [0.15, 0.2) is 29.8 Å². The number of aliphatic hydroxyl groups excluding tert-OH is 2. The van der Waals surface area contributed by atoms with Gasteiger partial charge in [-0.3, -0.25) is 19.2 Å². The highest BCUT2D eigenvalue weighted by atomic mass is 35.5. The number of carbonyl (C=O) groups excluding carboxylic acids is 3. The van der Waals surface area contributed by atoms with Crippen LogP contribution in [0.1, 0.15) is 23.2 Å². The lowest BCUT2D eigenvalue weighted by Gasteiger charge is -2.31. The fourth-order valence-corrected chi connectivity index (χ4v) is 2.97. The van der Waals surface area contributed by atoms with Crippen molar-refractivity contribution >= 4 is 35.3 Å². The summed E-state index contributed by atoms with van der Waals surface area (Å²) in [5.74, 6) is -4.82. The van der Waals surface area contributed by atoms with Crippen molar-refractivity contribution in [2.24, 2.45) is 5.73 Å². The molecule has 0 bridgehead atoms. The molecule has 3 amide bonds. The van der Waals surface area contributed by atoms with Gasteiger partial charge in [0.05, 0.1) is 23.6 Å². The Balaban J connectivity index is 2.18. The molecule has 1 aromatic carbocycles. The lowest BCUT2D eigenvalue weighted by atomic mass is 9.89. The summed E-state index contributed by atoms with van der Waals surface area (Å²) < 4.78 is 13.3. The quantitative estimate of drug-likeness (QED) is 0.315. The van der Waals surface area contributed by atoms with E-state index in [1.165, 1.54) is 0 Å². The summed E-state index contributed by atoms with van der Waals surface area (Å²) in [5.41, 5.74) is 4.94. The van der Waals surface area contributed by atoms with Crippen LogP contribution < -0.4 is 16.4 Å². The van der Waals surface area contributed by atoms with Crippen molar-refractivity contribution < 1.29 is 38.9 Å². The normalized spacial score (nSPS) is 21.9. The molecular weight excluding hydrogens is 425 g/mol. The van der Waals surface area contributed by atoms with Gasteiger partial charge in [0, 0.05) is 17.6 Å². The maximum absolute atomic E-state index is 13.3. The predicted octanol–water partition coefficient (Wildman–Crippen LogP) is -0.926. The average Bonchev–Trinajstić information content (AvgIpc) is 2.66. The number of hydrogen-bond acceptors (Lipinski definition) is 6. The first-order valence-electron chi connectivity index (χ1n) is 8.64. The minimum Gasteiger partial charge on any atom is -0.481 e. The third-order valence-electron chi connectivity index (χ3n) is 4.37. The summed E-state index contributed by atoms with van der Waals surface area (Å²) in [7, 11) is 0. The summed E-state index contributed by atoms with van der Waals surface area (Å²) in [4.78, 5) is 46.9. The number of benzene rings is 1. The van der Waals surface area contributed by atoms with Gasteiger partial charge in [-0.05, 0) is 18.2 Å². The van der Waals surface area contributed by atoms with Crippen molar-refractivity contribution in [3.8, 4) is 0 Å². The zero-order valence-corrected chi connectivity index (χ0v) is 16.1. The van der Waals surface area contributed by atoms with Crippen LogP contribution in [0.25, 0.3) is 0 Å². The second-order valence-electron chi connectivity index (χ2n) is 6.61. The Kier molecular flexibility index (Phi) is 7.48. The van der Waals surface area contributed by atoms with Crippen LogP contribution in [0, 0.1) is 5.82 Å². The molecule has 0 saturated heterocycles. The van der Waals surface area contributed by atoms with E-state index in [2.05, 4.69) is 10.6 Å². The largest absolute Gasteiger partial charge is 0.481 e. The van der Waals surface area contributed by atoms with Gasteiger partial charge in [-0.1, -0.05) is 17.7 Å². The van der Waals surface area contributed by atoms with Crippen molar-refractivity contribution in [3.63, 3.8) is 0 Å². The molecule has 7 N–H and O–H groups in total. The van der Waals surface area contributed by atoms with E-state index in [1.54, 1.807) is 0 Å². The van der Waals surface area contributed by atoms with Crippen molar-refractivity contribution in [1.82, 2.24) is 10.6 Å². The zero-order valence-electron chi connectivity index (χ0n) is 15.3. The predicted molar refractivity (Wildman–Crippen MR) is 101 cm³/mol. The highest BCUT2D eigenvalue weighted by molar-refractivity contribution is 6.31. The molecule has 0 radical (unpaired) electrons. The zero-order chi connectivity index (χ0) is 22.6. The second kappa shape index (κ2) is 9.65. The van der Waals surface area contributed by atoms with Crippen LogP contribution in [0.4, 0.5) is 4.39 Å². The number of amides is 3. The van der Waals surface area contributed by atoms with Crippen LogP contribution in [0.2, 0.25) is 5.02 Å². The Morgan fingerprint density at radius 3 is 2.47 bits per heavy atom. The standard InChI is InChI=1S/C18H19ClFN3O7/c19-9-3-7(1-2-10(9)20)17(29)22-11-4-8(5-13(24)15(11)27)18(30)23-12(16(21)28)6-14(25)26/h1-4,11-13,15,24,27H,5-6H2,(H2,21,28)(H,22,29)(H,23,30)(H,25,26)/t11-,12-,13-,15-/m1/s1. The number of carboxylic acids is 1. The fourth-order valence-electron chi connectivity index (χ4n) is 2.78. The Morgan fingerprint density at radius 1 is 1.23 bits per heavy atom. The number of primary amides is 1. The van der Waals surface area contributed by atoms with Gasteiger partial charge in [0.1, 0.15) is 18.0 Å². The molecule has 30 heavy (non-hydrogen) atoms. The number of aliphatic hydroxyl groups is 2. The van der Waals surface area contributed by atoms with Crippen molar-refractivity contribution in [3.05, 3.63) is 46.3 Å². The summed E-state index contributed by atoms with van der Waals surface area (Å²) >= 11 is 5.64. The molecule has 0 saturated carbocycles. The maximum atomic E-state index is 13.3. The molecule has 1 aliphatic rings. The van der Waals surface area contributed by atoms with Crippen LogP contribution in [-0.2, 0) is 14.4 Å². The van der Waals surface area contributed by atoms with E-state index < -0.39 is 60.2 Å². The lowest BCUT2D eigenvalue weighted by Crippen LogP contribution is -2.52. The van der Waals surface area contributed by atoms with Crippen LogP contribution in [-0.4, -0.2) is 63.3 Å². The average molecular weight is 444 g/mol. The molecule has 0 heterocycles. The Labute approximate surface area is 174 Å². The topological polar surface area (TPSA) is 179 Å². The molecule has 1 aliphatic carbocycles. The number of nitrogens with one attached hydrogen (secondary N) is 2. The molecule has 2 rings (SSSR count). The minimum atomic E-state index is -1.49. The highest BCUT2D eigenvalue weighted by Crippen LogP contribution is 2.21. The molecular formula is C18H19ClFN3O7. The van der Waals surface area contributed by atoms with Crippen LogP contribution >= 0.6 is 11.6 Å². The first-order valence-corrected chi connectivity index (χ1v) is 9.02. The molecule has 0 unspecified atom stereocenters. The molecule has 12 heteroatoms. The van der Waals surface area contributed by atoms with E-state index in [-0.39, 0.29) is 22.6 Å². The summed E-state index contributed by atoms with van der Waals surface area (Å²) in [5, 5.41) is 33.2. The first-order chi connectivity index (χ1) is 14.0. The van der Waals surface area contributed by atoms with Gasteiger partial charge in [0.15, 0.2) is 0 Å². The van der Waals surface area contributed by atoms with E-state index in [0.717, 1.165) is 24.3 Å². The number of carbonyl (C=O) groups is 4. The Bertz CT molecular complexity index is 908. The van der Waals surface area contributed by atoms with Gasteiger partial charge in [-0.25, -0.2) is 4.39 Å². The third kappa shape index (κ3) is 5.75. The molecule has 0 spiro atoms.